The van der Waals surface area contributed by atoms with Gasteiger partial charge in [-0.05, 0) is 42.8 Å². The molecule has 12 heteroatoms. The predicted molar refractivity (Wildman–Crippen MR) is 125 cm³/mol. The molecule has 0 radical (unpaired) electrons. The summed E-state index contributed by atoms with van der Waals surface area (Å²) in [6, 6.07) is 6.59. The topological polar surface area (TPSA) is 70.4 Å². The van der Waals surface area contributed by atoms with Crippen molar-refractivity contribution < 1.29 is 27.5 Å². The highest BCUT2D eigenvalue weighted by Gasteiger charge is 2.45. The Labute approximate surface area is 207 Å². The van der Waals surface area contributed by atoms with Crippen LogP contribution in [-0.2, 0) is 23.1 Å². The summed E-state index contributed by atoms with van der Waals surface area (Å²) in [6.07, 6.45) is -3.31. The maximum absolute atomic E-state index is 15.1. The van der Waals surface area contributed by atoms with Gasteiger partial charge in [0.25, 0.3) is 0 Å². The molecule has 0 bridgehead atoms. The van der Waals surface area contributed by atoms with Crippen molar-refractivity contribution in [2.24, 2.45) is 0 Å². The summed E-state index contributed by atoms with van der Waals surface area (Å²) < 4.78 is 56.7. The largest absolute Gasteiger partial charge is 0.435 e. The molecule has 2 heterocycles. The molecule has 1 aromatic heterocycles. The Kier molecular flexibility index (Phi) is 6.74. The summed E-state index contributed by atoms with van der Waals surface area (Å²) >= 11 is 12.6. The van der Waals surface area contributed by atoms with E-state index in [-0.39, 0.29) is 58.5 Å². The molecule has 6 nitrogen and oxygen atoms in total. The average molecular weight is 531 g/mol. The van der Waals surface area contributed by atoms with Crippen molar-refractivity contribution in [3.63, 3.8) is 0 Å². The zero-order valence-corrected chi connectivity index (χ0v) is 19.7. The van der Waals surface area contributed by atoms with Crippen molar-refractivity contribution in [2.45, 2.75) is 24.7 Å². The van der Waals surface area contributed by atoms with E-state index in [0.717, 1.165) is 10.8 Å². The monoisotopic (exact) mass is 530 g/mol. The maximum atomic E-state index is 15.1. The number of halogens is 6. The second-order valence-corrected chi connectivity index (χ2v) is 8.95. The lowest BCUT2D eigenvalue weighted by molar-refractivity contribution is -0.140. The van der Waals surface area contributed by atoms with Gasteiger partial charge in [-0.15, -0.1) is 0 Å². The molecule has 2 N–H and O–H groups in total. The van der Waals surface area contributed by atoms with Gasteiger partial charge < -0.3 is 15.3 Å². The molecule has 186 valence electrons. The van der Waals surface area contributed by atoms with Crippen molar-refractivity contribution in [1.29, 1.82) is 0 Å². The number of hydrogen-bond donors (Lipinski definition) is 2. The molecule has 0 unspecified atom stereocenters. The number of aromatic nitrogens is 2. The SMILES string of the molecule is C=CC(=O)N1CC[C@](Nc2ccc3c(C(F)(F)F)nn(CCO)c3c2)(c2c(F)ccc(Cl)c2Cl)C1. The number of fused-ring (bicyclic) bond motifs is 1. The Balaban J connectivity index is 1.84. The third-order valence-corrected chi connectivity index (χ3v) is 6.80. The maximum Gasteiger partial charge on any atom is 0.435 e. The lowest BCUT2D eigenvalue weighted by Crippen LogP contribution is -2.41. The Hall–Kier alpha value is -2.82. The molecule has 1 atom stereocenters. The van der Waals surface area contributed by atoms with E-state index in [0.29, 0.717) is 5.69 Å². The first-order chi connectivity index (χ1) is 16.5. The Morgan fingerprint density at radius 2 is 2.03 bits per heavy atom. The van der Waals surface area contributed by atoms with Gasteiger partial charge in [0.1, 0.15) is 5.82 Å². The van der Waals surface area contributed by atoms with Crippen LogP contribution in [-0.4, -0.2) is 45.4 Å². The number of hydrogen-bond acceptors (Lipinski definition) is 4. The number of benzene rings is 2. The number of anilines is 1. The Morgan fingerprint density at radius 3 is 2.69 bits per heavy atom. The molecule has 35 heavy (non-hydrogen) atoms. The quantitative estimate of drug-likeness (QED) is 0.260. The second kappa shape index (κ2) is 9.33. The van der Waals surface area contributed by atoms with Crippen LogP contribution < -0.4 is 5.32 Å². The van der Waals surface area contributed by atoms with E-state index >= 15 is 4.39 Å². The van der Waals surface area contributed by atoms with Crippen LogP contribution in [0.4, 0.5) is 23.2 Å². The smallest absolute Gasteiger partial charge is 0.394 e. The summed E-state index contributed by atoms with van der Waals surface area (Å²) in [5.41, 5.74) is -1.79. The molecule has 2 aromatic carbocycles. The lowest BCUT2D eigenvalue weighted by Gasteiger charge is -2.33. The van der Waals surface area contributed by atoms with Gasteiger partial charge in [-0.1, -0.05) is 29.8 Å². The molecule has 1 aliphatic rings. The summed E-state index contributed by atoms with van der Waals surface area (Å²) in [6.45, 7) is 3.18. The fourth-order valence-electron chi connectivity index (χ4n) is 4.46. The van der Waals surface area contributed by atoms with Gasteiger partial charge in [0.15, 0.2) is 5.69 Å². The number of nitrogens with one attached hydrogen (secondary N) is 1. The number of likely N-dealkylation sites (tertiary alicyclic amines) is 1. The molecule has 3 aromatic rings. The third-order valence-electron chi connectivity index (χ3n) is 5.99. The Bertz CT molecular complexity index is 1310. The van der Waals surface area contributed by atoms with E-state index in [9.17, 15) is 23.1 Å². The van der Waals surface area contributed by atoms with E-state index in [1.807, 2.05) is 0 Å². The van der Waals surface area contributed by atoms with Gasteiger partial charge in [0, 0.05) is 29.7 Å². The molecular formula is C23H20Cl2F4N4O2. The third kappa shape index (κ3) is 4.57. The number of carbonyl (C=O) groups excluding carboxylic acids is 1. The molecule has 1 saturated heterocycles. The van der Waals surface area contributed by atoms with Crippen molar-refractivity contribution >= 4 is 45.7 Å². The number of amides is 1. The molecule has 0 aliphatic carbocycles. The van der Waals surface area contributed by atoms with E-state index in [1.165, 1.54) is 35.2 Å². The number of aliphatic hydroxyl groups excluding tert-OH is 1. The number of nitrogens with zero attached hydrogens (tertiary/aromatic N) is 3. The lowest BCUT2D eigenvalue weighted by atomic mass is 9.87. The van der Waals surface area contributed by atoms with E-state index in [2.05, 4.69) is 17.0 Å². The zero-order chi connectivity index (χ0) is 25.5. The first kappa shape index (κ1) is 25.3. The first-order valence-corrected chi connectivity index (χ1v) is 11.3. The van der Waals surface area contributed by atoms with E-state index in [4.69, 9.17) is 23.2 Å². The van der Waals surface area contributed by atoms with Crippen LogP contribution in [0.5, 0.6) is 0 Å². The summed E-state index contributed by atoms with van der Waals surface area (Å²) in [7, 11) is 0. The van der Waals surface area contributed by atoms with Gasteiger partial charge in [-0.25, -0.2) is 4.39 Å². The molecule has 1 fully saturated rings. The highest BCUT2D eigenvalue weighted by atomic mass is 35.5. The molecular weight excluding hydrogens is 511 g/mol. The van der Waals surface area contributed by atoms with Crippen LogP contribution in [0.3, 0.4) is 0 Å². The van der Waals surface area contributed by atoms with Gasteiger partial charge in [-0.2, -0.15) is 18.3 Å². The number of carbonyl (C=O) groups is 1. The van der Waals surface area contributed by atoms with Crippen LogP contribution in [0.25, 0.3) is 10.9 Å². The van der Waals surface area contributed by atoms with Crippen molar-refractivity contribution in [2.75, 3.05) is 25.0 Å². The van der Waals surface area contributed by atoms with Crippen LogP contribution in [0.1, 0.15) is 17.7 Å². The second-order valence-electron chi connectivity index (χ2n) is 8.16. The standard InChI is InChI=1S/C23H20Cl2F4N4O2/c1-2-18(35)32-8-7-22(12-32,19-16(26)6-5-15(24)20(19)25)30-13-3-4-14-17(11-13)33(9-10-34)31-21(14)23(27,28)29/h2-6,11,30,34H,1,7-10,12H2/t22-/m1/s1. The fourth-order valence-corrected chi connectivity index (χ4v) is 4.96. The molecule has 0 saturated carbocycles. The summed E-state index contributed by atoms with van der Waals surface area (Å²) in [5, 5.41) is 16.1. The minimum absolute atomic E-state index is 0.0105. The first-order valence-electron chi connectivity index (χ1n) is 10.5. The number of rotatable bonds is 6. The van der Waals surface area contributed by atoms with Crippen molar-refractivity contribution in [1.82, 2.24) is 14.7 Å². The van der Waals surface area contributed by atoms with Gasteiger partial charge >= 0.3 is 6.18 Å². The van der Waals surface area contributed by atoms with E-state index < -0.39 is 29.8 Å². The van der Waals surface area contributed by atoms with Gasteiger partial charge in [0.2, 0.25) is 5.91 Å². The average Bonchev–Trinajstić information content (AvgIpc) is 3.39. The van der Waals surface area contributed by atoms with Crippen molar-refractivity contribution in [3.05, 3.63) is 70.1 Å². The predicted octanol–water partition coefficient (Wildman–Crippen LogP) is 5.22. The molecule has 1 aliphatic heterocycles. The Morgan fingerprint density at radius 1 is 1.29 bits per heavy atom. The zero-order valence-electron chi connectivity index (χ0n) is 18.2. The van der Waals surface area contributed by atoms with Crippen molar-refractivity contribution in [3.8, 4) is 0 Å². The van der Waals surface area contributed by atoms with Crippen LogP contribution in [0.15, 0.2) is 43.0 Å². The highest BCUT2D eigenvalue weighted by Crippen LogP contribution is 2.44. The number of alkyl halides is 3. The molecule has 0 spiro atoms. The van der Waals surface area contributed by atoms with Crippen LogP contribution in [0.2, 0.25) is 10.0 Å². The van der Waals surface area contributed by atoms with Crippen LogP contribution in [0, 0.1) is 5.82 Å². The van der Waals surface area contributed by atoms with Crippen LogP contribution >= 0.6 is 23.2 Å². The summed E-state index contributed by atoms with van der Waals surface area (Å²) in [5.74, 6) is -1.01. The van der Waals surface area contributed by atoms with Gasteiger partial charge in [0.05, 0.1) is 34.3 Å². The summed E-state index contributed by atoms with van der Waals surface area (Å²) in [4.78, 5) is 13.8. The number of aliphatic hydroxyl groups is 1. The van der Waals surface area contributed by atoms with Gasteiger partial charge in [-0.3, -0.25) is 9.48 Å². The minimum Gasteiger partial charge on any atom is -0.394 e. The highest BCUT2D eigenvalue weighted by molar-refractivity contribution is 6.42. The molecule has 4 rings (SSSR count). The minimum atomic E-state index is -4.69. The normalized spacial score (nSPS) is 18.3. The van der Waals surface area contributed by atoms with E-state index in [1.54, 1.807) is 0 Å². The molecule has 1 amide bonds. The fraction of sp³-hybridized carbons (Fsp3) is 0.304.